The maximum Gasteiger partial charge on any atom is 0.196 e. The number of Topliss-reactive ketones (excluding diaryl/α,β-unsaturated/α-hetero) is 1. The number of thioether (sulfide) groups is 1. The van der Waals surface area contributed by atoms with Gasteiger partial charge in [0.1, 0.15) is 12.1 Å². The summed E-state index contributed by atoms with van der Waals surface area (Å²) in [7, 11) is 0. The van der Waals surface area contributed by atoms with Crippen LogP contribution in [0.4, 0.5) is 0 Å². The van der Waals surface area contributed by atoms with E-state index in [2.05, 4.69) is 10.2 Å². The Labute approximate surface area is 132 Å². The normalized spacial score (nSPS) is 19.0. The Morgan fingerprint density at radius 2 is 2.24 bits per heavy atom. The van der Waals surface area contributed by atoms with Crippen LogP contribution in [-0.4, -0.2) is 25.8 Å². The van der Waals surface area contributed by atoms with E-state index in [4.69, 9.17) is 11.6 Å². The molecule has 6 heteroatoms. The number of ketones is 1. The Kier molecular flexibility index (Phi) is 4.31. The number of nitrogens with zero attached hydrogens (tertiary/aromatic N) is 3. The SMILES string of the molecule is Cc1ccc(-n2cnnc2SC2CCCCC2=O)cc1Cl. The van der Waals surface area contributed by atoms with Crippen LogP contribution in [0.1, 0.15) is 31.2 Å². The van der Waals surface area contributed by atoms with E-state index in [0.717, 1.165) is 35.7 Å². The summed E-state index contributed by atoms with van der Waals surface area (Å²) in [4.78, 5) is 12.0. The monoisotopic (exact) mass is 321 g/mol. The predicted octanol–water partition coefficient (Wildman–Crippen LogP) is 3.83. The summed E-state index contributed by atoms with van der Waals surface area (Å²) >= 11 is 7.69. The largest absolute Gasteiger partial charge is 0.298 e. The van der Waals surface area contributed by atoms with Gasteiger partial charge in [-0.2, -0.15) is 0 Å². The molecule has 110 valence electrons. The number of hydrogen-bond acceptors (Lipinski definition) is 4. The van der Waals surface area contributed by atoms with Crippen molar-refractivity contribution in [3.8, 4) is 5.69 Å². The molecule has 4 nitrogen and oxygen atoms in total. The number of aromatic nitrogens is 3. The summed E-state index contributed by atoms with van der Waals surface area (Å²) in [5.41, 5.74) is 1.95. The molecule has 0 aliphatic heterocycles. The van der Waals surface area contributed by atoms with E-state index in [1.54, 1.807) is 6.33 Å². The predicted molar refractivity (Wildman–Crippen MR) is 84.2 cm³/mol. The highest BCUT2D eigenvalue weighted by molar-refractivity contribution is 8.00. The van der Waals surface area contributed by atoms with Crippen LogP contribution in [0.25, 0.3) is 5.69 Å². The molecule has 0 N–H and O–H groups in total. The quantitative estimate of drug-likeness (QED) is 0.862. The lowest BCUT2D eigenvalue weighted by molar-refractivity contribution is -0.119. The van der Waals surface area contributed by atoms with Crippen LogP contribution < -0.4 is 0 Å². The molecular formula is C15H16ClN3OS. The van der Waals surface area contributed by atoms with Crippen molar-refractivity contribution in [1.82, 2.24) is 14.8 Å². The van der Waals surface area contributed by atoms with Gasteiger partial charge in [-0.15, -0.1) is 10.2 Å². The number of aryl methyl sites for hydroxylation is 1. The zero-order valence-electron chi connectivity index (χ0n) is 11.8. The Balaban J connectivity index is 1.86. The van der Waals surface area contributed by atoms with Gasteiger partial charge in [0.15, 0.2) is 5.16 Å². The first-order valence-corrected chi connectivity index (χ1v) is 8.27. The molecule has 0 bridgehead atoms. The lowest BCUT2D eigenvalue weighted by atomic mass is 9.99. The van der Waals surface area contributed by atoms with E-state index < -0.39 is 0 Å². The zero-order chi connectivity index (χ0) is 14.8. The second kappa shape index (κ2) is 6.20. The van der Waals surface area contributed by atoms with E-state index in [9.17, 15) is 4.79 Å². The van der Waals surface area contributed by atoms with E-state index in [1.807, 2.05) is 29.7 Å². The molecule has 1 heterocycles. The number of rotatable bonds is 3. The Bertz CT molecular complexity index is 671. The summed E-state index contributed by atoms with van der Waals surface area (Å²) in [6.45, 7) is 1.97. The maximum absolute atomic E-state index is 12.0. The van der Waals surface area contributed by atoms with Crippen molar-refractivity contribution in [2.24, 2.45) is 0 Å². The molecular weight excluding hydrogens is 306 g/mol. The van der Waals surface area contributed by atoms with Gasteiger partial charge in [0, 0.05) is 11.4 Å². The van der Waals surface area contributed by atoms with Gasteiger partial charge in [-0.25, -0.2) is 0 Å². The fourth-order valence-electron chi connectivity index (χ4n) is 2.42. The molecule has 1 aromatic heterocycles. The van der Waals surface area contributed by atoms with Crippen molar-refractivity contribution in [3.05, 3.63) is 35.1 Å². The molecule has 1 saturated carbocycles. The molecule has 1 unspecified atom stereocenters. The third-order valence-electron chi connectivity index (χ3n) is 3.70. The number of carbonyl (C=O) groups is 1. The highest BCUT2D eigenvalue weighted by atomic mass is 35.5. The summed E-state index contributed by atoms with van der Waals surface area (Å²) in [6.07, 6.45) is 5.38. The molecule has 3 rings (SSSR count). The van der Waals surface area contributed by atoms with Crippen LogP contribution in [0.5, 0.6) is 0 Å². The Morgan fingerprint density at radius 1 is 1.38 bits per heavy atom. The highest BCUT2D eigenvalue weighted by Crippen LogP contribution is 2.32. The second-order valence-electron chi connectivity index (χ2n) is 5.24. The van der Waals surface area contributed by atoms with Crippen molar-refractivity contribution in [2.45, 2.75) is 43.0 Å². The van der Waals surface area contributed by atoms with Gasteiger partial charge in [-0.05, 0) is 37.5 Å². The van der Waals surface area contributed by atoms with E-state index >= 15 is 0 Å². The summed E-state index contributed by atoms with van der Waals surface area (Å²) in [5, 5.41) is 9.59. The van der Waals surface area contributed by atoms with Crippen LogP contribution >= 0.6 is 23.4 Å². The van der Waals surface area contributed by atoms with Gasteiger partial charge in [0.05, 0.1) is 10.9 Å². The summed E-state index contributed by atoms with van der Waals surface area (Å²) in [6, 6.07) is 5.85. The topological polar surface area (TPSA) is 47.8 Å². The molecule has 1 atom stereocenters. The van der Waals surface area contributed by atoms with E-state index in [-0.39, 0.29) is 5.25 Å². The maximum atomic E-state index is 12.0. The fourth-order valence-corrected chi connectivity index (χ4v) is 3.74. The van der Waals surface area contributed by atoms with Crippen LogP contribution in [0.3, 0.4) is 0 Å². The van der Waals surface area contributed by atoms with Gasteiger partial charge in [-0.3, -0.25) is 9.36 Å². The van der Waals surface area contributed by atoms with Gasteiger partial charge in [0.2, 0.25) is 0 Å². The van der Waals surface area contributed by atoms with Crippen molar-refractivity contribution in [3.63, 3.8) is 0 Å². The number of benzene rings is 1. The zero-order valence-corrected chi connectivity index (χ0v) is 13.3. The van der Waals surface area contributed by atoms with Crippen molar-refractivity contribution >= 4 is 29.1 Å². The first kappa shape index (κ1) is 14.6. The molecule has 1 aromatic carbocycles. The molecule has 0 saturated heterocycles. The van der Waals surface area contributed by atoms with Crippen molar-refractivity contribution < 1.29 is 4.79 Å². The van der Waals surface area contributed by atoms with Gasteiger partial charge in [-0.1, -0.05) is 35.9 Å². The van der Waals surface area contributed by atoms with Gasteiger partial charge >= 0.3 is 0 Å². The third-order valence-corrected chi connectivity index (χ3v) is 5.38. The van der Waals surface area contributed by atoms with Crippen molar-refractivity contribution in [1.29, 1.82) is 0 Å². The molecule has 0 radical (unpaired) electrons. The molecule has 0 amide bonds. The standard InChI is InChI=1S/C15H16ClN3OS/c1-10-6-7-11(8-12(10)16)19-9-17-18-15(19)21-14-5-3-2-4-13(14)20/h6-9,14H,2-5H2,1H3. The van der Waals surface area contributed by atoms with Crippen LogP contribution in [0, 0.1) is 6.92 Å². The lowest BCUT2D eigenvalue weighted by Crippen LogP contribution is -2.21. The van der Waals surface area contributed by atoms with E-state index in [0.29, 0.717) is 17.2 Å². The average Bonchev–Trinajstić information content (AvgIpc) is 2.93. The number of halogens is 1. The van der Waals surface area contributed by atoms with Crippen molar-refractivity contribution in [2.75, 3.05) is 0 Å². The molecule has 1 aliphatic rings. The number of hydrogen-bond donors (Lipinski definition) is 0. The summed E-state index contributed by atoms with van der Waals surface area (Å²) in [5.74, 6) is 0.322. The highest BCUT2D eigenvalue weighted by Gasteiger charge is 2.25. The van der Waals surface area contributed by atoms with Crippen LogP contribution in [-0.2, 0) is 4.79 Å². The van der Waals surface area contributed by atoms with Crippen LogP contribution in [0.2, 0.25) is 5.02 Å². The average molecular weight is 322 g/mol. The molecule has 2 aromatic rings. The lowest BCUT2D eigenvalue weighted by Gasteiger charge is -2.19. The Morgan fingerprint density at radius 3 is 3.00 bits per heavy atom. The molecule has 1 aliphatic carbocycles. The molecule has 0 spiro atoms. The van der Waals surface area contributed by atoms with Gasteiger partial charge in [0.25, 0.3) is 0 Å². The minimum absolute atomic E-state index is 0.00243. The summed E-state index contributed by atoms with van der Waals surface area (Å²) < 4.78 is 1.89. The van der Waals surface area contributed by atoms with Crippen LogP contribution in [0.15, 0.2) is 29.7 Å². The first-order chi connectivity index (χ1) is 10.1. The molecule has 21 heavy (non-hydrogen) atoms. The van der Waals surface area contributed by atoms with E-state index in [1.165, 1.54) is 11.8 Å². The third kappa shape index (κ3) is 3.14. The number of carbonyl (C=O) groups excluding carboxylic acids is 1. The smallest absolute Gasteiger partial charge is 0.196 e. The minimum atomic E-state index is 0.00243. The first-order valence-electron chi connectivity index (χ1n) is 7.01. The minimum Gasteiger partial charge on any atom is -0.298 e. The second-order valence-corrected chi connectivity index (χ2v) is 6.81. The Hall–Kier alpha value is -1.33. The molecule has 1 fully saturated rings. The fraction of sp³-hybridized carbons (Fsp3) is 0.400. The van der Waals surface area contributed by atoms with Gasteiger partial charge < -0.3 is 0 Å².